The van der Waals surface area contributed by atoms with Gasteiger partial charge in [0.1, 0.15) is 32.5 Å². The van der Waals surface area contributed by atoms with Crippen molar-refractivity contribution in [2.24, 2.45) is 5.92 Å². The number of hydrogen-bond donors (Lipinski definition) is 1. The van der Waals surface area contributed by atoms with Crippen LogP contribution in [0, 0.1) is 19.8 Å². The molecule has 4 heteroatoms. The molecular formula is C15H25N4+. The zero-order valence-corrected chi connectivity index (χ0v) is 12.5. The first-order valence-electron chi connectivity index (χ1n) is 7.12. The molecule has 0 aromatic carbocycles. The number of rotatable bonds is 3. The smallest absolute Gasteiger partial charge is 0.142 e. The Morgan fingerprint density at radius 2 is 1.84 bits per heavy atom. The molecule has 1 saturated carbocycles. The molecule has 0 bridgehead atoms. The van der Waals surface area contributed by atoms with E-state index in [4.69, 9.17) is 0 Å². The van der Waals surface area contributed by atoms with Crippen molar-refractivity contribution in [1.82, 2.24) is 9.97 Å². The highest BCUT2D eigenvalue weighted by Gasteiger charge is 2.22. The first-order valence-corrected chi connectivity index (χ1v) is 7.12. The fourth-order valence-corrected chi connectivity index (χ4v) is 2.71. The molecule has 0 aliphatic heterocycles. The standard InChI is InChI=1S/C15H25N4/c1-11-12(2)16-10-17-15(11)18-14-7-5-13(6-8-14)9-19(3)4/h9-10,13-14H,5-8H2,1-4H3,(H,16,17,18)/q+1. The average Bonchev–Trinajstić information content (AvgIpc) is 2.37. The minimum absolute atomic E-state index is 0.555. The highest BCUT2D eigenvalue weighted by molar-refractivity contribution is 5.55. The third-order valence-corrected chi connectivity index (χ3v) is 3.96. The van der Waals surface area contributed by atoms with Crippen LogP contribution in [-0.2, 0) is 0 Å². The largest absolute Gasteiger partial charge is 0.367 e. The molecule has 0 atom stereocenters. The molecule has 2 rings (SSSR count). The van der Waals surface area contributed by atoms with Crippen LogP contribution in [0.3, 0.4) is 0 Å². The van der Waals surface area contributed by atoms with Gasteiger partial charge in [-0.1, -0.05) is 0 Å². The monoisotopic (exact) mass is 261 g/mol. The SMILES string of the molecule is Cc1ncnc(NC2CCC(C=[N+](C)C)CC2)c1C. The number of nitrogens with one attached hydrogen (secondary N) is 1. The van der Waals surface area contributed by atoms with Gasteiger partial charge in [0.15, 0.2) is 0 Å². The van der Waals surface area contributed by atoms with Gasteiger partial charge in [-0.05, 0) is 39.5 Å². The highest BCUT2D eigenvalue weighted by Crippen LogP contribution is 2.26. The molecule has 0 radical (unpaired) electrons. The first-order chi connectivity index (χ1) is 9.06. The Bertz CT molecular complexity index is 455. The molecule has 1 N–H and O–H groups in total. The van der Waals surface area contributed by atoms with Crippen molar-refractivity contribution in [2.45, 2.75) is 45.6 Å². The fraction of sp³-hybridized carbons (Fsp3) is 0.667. The maximum Gasteiger partial charge on any atom is 0.142 e. The first kappa shape index (κ1) is 14.0. The number of hydrogen-bond acceptors (Lipinski definition) is 3. The lowest BCUT2D eigenvalue weighted by atomic mass is 9.86. The number of aromatic nitrogens is 2. The zero-order valence-electron chi connectivity index (χ0n) is 12.5. The van der Waals surface area contributed by atoms with Gasteiger partial charge in [-0.25, -0.2) is 14.5 Å². The predicted octanol–water partition coefficient (Wildman–Crippen LogP) is 2.41. The summed E-state index contributed by atoms with van der Waals surface area (Å²) in [5.41, 5.74) is 2.23. The van der Waals surface area contributed by atoms with E-state index in [1.54, 1.807) is 6.33 Å². The summed E-state index contributed by atoms with van der Waals surface area (Å²) in [4.78, 5) is 8.58. The van der Waals surface area contributed by atoms with Crippen molar-refractivity contribution < 1.29 is 4.58 Å². The summed E-state index contributed by atoms with van der Waals surface area (Å²) < 4.78 is 2.18. The van der Waals surface area contributed by atoms with Crippen LogP contribution in [-0.4, -0.2) is 40.9 Å². The van der Waals surface area contributed by atoms with Crippen LogP contribution in [0.15, 0.2) is 6.33 Å². The molecule has 1 aliphatic carbocycles. The minimum Gasteiger partial charge on any atom is -0.367 e. The lowest BCUT2D eigenvalue weighted by Gasteiger charge is -2.27. The molecule has 0 amide bonds. The molecule has 1 aromatic rings. The number of anilines is 1. The van der Waals surface area contributed by atoms with Gasteiger partial charge in [0, 0.05) is 23.2 Å². The Labute approximate surface area is 116 Å². The Balaban J connectivity index is 1.92. The predicted molar refractivity (Wildman–Crippen MR) is 79.0 cm³/mol. The summed E-state index contributed by atoms with van der Waals surface area (Å²) >= 11 is 0. The topological polar surface area (TPSA) is 40.8 Å². The normalized spacial score (nSPS) is 22.9. The van der Waals surface area contributed by atoms with E-state index in [2.05, 4.69) is 47.1 Å². The van der Waals surface area contributed by atoms with Crippen LogP contribution in [0.2, 0.25) is 0 Å². The summed E-state index contributed by atoms with van der Waals surface area (Å²) in [6.07, 6.45) is 8.96. The highest BCUT2D eigenvalue weighted by atomic mass is 15.0. The van der Waals surface area contributed by atoms with Crippen molar-refractivity contribution in [3.8, 4) is 0 Å². The van der Waals surface area contributed by atoms with Crippen LogP contribution in [0.5, 0.6) is 0 Å². The number of nitrogens with zero attached hydrogens (tertiary/aromatic N) is 3. The molecule has 4 nitrogen and oxygen atoms in total. The van der Waals surface area contributed by atoms with E-state index in [0.717, 1.165) is 17.4 Å². The van der Waals surface area contributed by atoms with E-state index in [-0.39, 0.29) is 0 Å². The maximum absolute atomic E-state index is 4.36. The minimum atomic E-state index is 0.555. The molecule has 1 heterocycles. The van der Waals surface area contributed by atoms with E-state index in [1.807, 2.05) is 6.92 Å². The van der Waals surface area contributed by atoms with Crippen molar-refractivity contribution in [2.75, 3.05) is 19.4 Å². The molecule has 0 unspecified atom stereocenters. The van der Waals surface area contributed by atoms with Gasteiger partial charge in [0.2, 0.25) is 0 Å². The summed E-state index contributed by atoms with van der Waals surface area (Å²) in [6.45, 7) is 4.12. The van der Waals surface area contributed by atoms with E-state index in [0.29, 0.717) is 6.04 Å². The second-order valence-electron chi connectivity index (χ2n) is 5.80. The van der Waals surface area contributed by atoms with E-state index in [1.165, 1.54) is 31.2 Å². The molecular weight excluding hydrogens is 236 g/mol. The van der Waals surface area contributed by atoms with Gasteiger partial charge in [-0.15, -0.1) is 0 Å². The van der Waals surface area contributed by atoms with Crippen LogP contribution in [0.4, 0.5) is 5.82 Å². The molecule has 1 fully saturated rings. The van der Waals surface area contributed by atoms with Crippen molar-refractivity contribution in [3.63, 3.8) is 0 Å². The third kappa shape index (κ3) is 3.75. The Kier molecular flexibility index (Phi) is 4.51. The maximum atomic E-state index is 4.36. The van der Waals surface area contributed by atoms with Crippen molar-refractivity contribution in [3.05, 3.63) is 17.6 Å². The van der Waals surface area contributed by atoms with Crippen LogP contribution in [0.1, 0.15) is 36.9 Å². The van der Waals surface area contributed by atoms with Crippen LogP contribution < -0.4 is 5.32 Å². The molecule has 1 aromatic heterocycles. The second kappa shape index (κ2) is 6.13. The summed E-state index contributed by atoms with van der Waals surface area (Å²) in [6, 6.07) is 0.555. The Hall–Kier alpha value is -1.45. The molecule has 0 spiro atoms. The summed E-state index contributed by atoms with van der Waals surface area (Å²) in [7, 11) is 4.22. The lowest BCUT2D eigenvalue weighted by molar-refractivity contribution is -0.462. The Morgan fingerprint density at radius 3 is 2.47 bits per heavy atom. The van der Waals surface area contributed by atoms with Gasteiger partial charge in [-0.3, -0.25) is 0 Å². The van der Waals surface area contributed by atoms with Gasteiger partial charge in [0.25, 0.3) is 0 Å². The molecule has 0 saturated heterocycles. The zero-order chi connectivity index (χ0) is 13.8. The quantitative estimate of drug-likeness (QED) is 0.671. The van der Waals surface area contributed by atoms with Crippen LogP contribution >= 0.6 is 0 Å². The average molecular weight is 261 g/mol. The third-order valence-electron chi connectivity index (χ3n) is 3.96. The summed E-state index contributed by atoms with van der Waals surface area (Å²) in [5, 5.41) is 3.59. The fourth-order valence-electron chi connectivity index (χ4n) is 2.71. The van der Waals surface area contributed by atoms with Gasteiger partial charge in [0.05, 0.1) is 0 Å². The van der Waals surface area contributed by atoms with Gasteiger partial charge in [-0.2, -0.15) is 0 Å². The Morgan fingerprint density at radius 1 is 1.16 bits per heavy atom. The lowest BCUT2D eigenvalue weighted by Crippen LogP contribution is -2.28. The van der Waals surface area contributed by atoms with Gasteiger partial charge >= 0.3 is 0 Å². The van der Waals surface area contributed by atoms with Crippen molar-refractivity contribution in [1.29, 1.82) is 0 Å². The second-order valence-corrected chi connectivity index (χ2v) is 5.80. The van der Waals surface area contributed by atoms with Crippen molar-refractivity contribution >= 4 is 12.0 Å². The van der Waals surface area contributed by atoms with E-state index in [9.17, 15) is 0 Å². The van der Waals surface area contributed by atoms with Crippen LogP contribution in [0.25, 0.3) is 0 Å². The molecule has 19 heavy (non-hydrogen) atoms. The van der Waals surface area contributed by atoms with E-state index < -0.39 is 0 Å². The number of aryl methyl sites for hydroxylation is 1. The van der Waals surface area contributed by atoms with E-state index >= 15 is 0 Å². The molecule has 104 valence electrons. The molecule has 1 aliphatic rings. The van der Waals surface area contributed by atoms with Gasteiger partial charge < -0.3 is 5.32 Å². The summed E-state index contributed by atoms with van der Waals surface area (Å²) in [5.74, 6) is 1.74.